The number of aromatic nitrogens is 1. The molecule has 1 unspecified atom stereocenters. The maximum Gasteiger partial charge on any atom is 0.231 e. The number of para-hydroxylation sites is 1. The fourth-order valence-electron chi connectivity index (χ4n) is 4.41. The van der Waals surface area contributed by atoms with Crippen molar-refractivity contribution >= 4 is 22.7 Å². The van der Waals surface area contributed by atoms with Crippen LogP contribution in [0.2, 0.25) is 0 Å². The highest BCUT2D eigenvalue weighted by Gasteiger charge is 2.45. The largest absolute Gasteiger partial charge is 0.454 e. The van der Waals surface area contributed by atoms with Crippen LogP contribution in [0.15, 0.2) is 42.6 Å². The third kappa shape index (κ3) is 2.35. The average molecular weight is 365 g/mol. The molecule has 3 aromatic rings. The number of H-pyrrole nitrogens is 1. The summed E-state index contributed by atoms with van der Waals surface area (Å²) in [5, 5.41) is 1.35. The van der Waals surface area contributed by atoms with Gasteiger partial charge < -0.3 is 14.5 Å². The molecular formula is C22H23NO2S. The summed E-state index contributed by atoms with van der Waals surface area (Å²) in [6.07, 6.45) is 6.95. The summed E-state index contributed by atoms with van der Waals surface area (Å²) in [6.45, 7) is 2.72. The molecule has 1 fully saturated rings. The fraction of sp³-hybridized carbons (Fsp3) is 0.364. The molecular weight excluding hydrogens is 342 g/mol. The van der Waals surface area contributed by atoms with Crippen LogP contribution in [0.5, 0.6) is 11.5 Å². The van der Waals surface area contributed by atoms with Crippen molar-refractivity contribution in [3.63, 3.8) is 0 Å². The van der Waals surface area contributed by atoms with E-state index in [1.807, 2.05) is 11.8 Å². The molecule has 1 N–H and O–H groups in total. The van der Waals surface area contributed by atoms with E-state index in [0.29, 0.717) is 12.7 Å². The molecule has 1 aromatic heterocycles. The second-order valence-electron chi connectivity index (χ2n) is 7.52. The number of aromatic amines is 1. The predicted molar refractivity (Wildman–Crippen MR) is 107 cm³/mol. The summed E-state index contributed by atoms with van der Waals surface area (Å²) in [7, 11) is 0. The van der Waals surface area contributed by atoms with Gasteiger partial charge in [0.15, 0.2) is 11.5 Å². The zero-order chi connectivity index (χ0) is 17.7. The van der Waals surface area contributed by atoms with Crippen molar-refractivity contribution in [1.82, 2.24) is 4.98 Å². The Morgan fingerprint density at radius 2 is 2.00 bits per heavy atom. The summed E-state index contributed by atoms with van der Waals surface area (Å²) in [6, 6.07) is 13.2. The lowest BCUT2D eigenvalue weighted by Crippen LogP contribution is -2.26. The van der Waals surface area contributed by atoms with Gasteiger partial charge in [-0.1, -0.05) is 31.2 Å². The lowest BCUT2D eigenvalue weighted by Gasteiger charge is -2.31. The smallest absolute Gasteiger partial charge is 0.231 e. The van der Waals surface area contributed by atoms with Crippen LogP contribution in [-0.4, -0.2) is 18.0 Å². The molecule has 2 aliphatic rings. The number of rotatable bonds is 5. The van der Waals surface area contributed by atoms with Crippen molar-refractivity contribution in [2.24, 2.45) is 5.92 Å². The third-order valence-electron chi connectivity index (χ3n) is 6.03. The van der Waals surface area contributed by atoms with Crippen molar-refractivity contribution in [1.29, 1.82) is 0 Å². The molecule has 134 valence electrons. The minimum atomic E-state index is -0.0167. The monoisotopic (exact) mass is 365 g/mol. The lowest BCUT2D eigenvalue weighted by atomic mass is 9.72. The van der Waals surface area contributed by atoms with Gasteiger partial charge in [0.2, 0.25) is 6.79 Å². The number of nitrogens with one attached hydrogen (secondary N) is 1. The fourth-order valence-corrected chi connectivity index (χ4v) is 4.97. The van der Waals surface area contributed by atoms with Gasteiger partial charge in [0.25, 0.3) is 0 Å². The van der Waals surface area contributed by atoms with Crippen LogP contribution in [0, 0.1) is 5.92 Å². The van der Waals surface area contributed by atoms with E-state index < -0.39 is 0 Å². The van der Waals surface area contributed by atoms with E-state index in [1.54, 1.807) is 0 Å². The Hall–Kier alpha value is -2.07. The highest BCUT2D eigenvalue weighted by atomic mass is 32.2. The SMILES string of the molecule is CSCc1cccc2c(C(C)(c3ccc4c(c3)OCO4)C3CC3)c[nH]c12. The van der Waals surface area contributed by atoms with E-state index in [1.165, 1.54) is 40.4 Å². The normalized spacial score (nSPS) is 18.2. The van der Waals surface area contributed by atoms with Gasteiger partial charge in [0, 0.05) is 28.3 Å². The minimum Gasteiger partial charge on any atom is -0.454 e. The number of hydrogen-bond donors (Lipinski definition) is 1. The quantitative estimate of drug-likeness (QED) is 0.650. The zero-order valence-electron chi connectivity index (χ0n) is 15.2. The van der Waals surface area contributed by atoms with Crippen molar-refractivity contribution in [2.45, 2.75) is 30.9 Å². The summed E-state index contributed by atoms with van der Waals surface area (Å²) in [5.74, 6) is 3.43. The molecule has 4 heteroatoms. The van der Waals surface area contributed by atoms with Gasteiger partial charge in [-0.25, -0.2) is 0 Å². The molecule has 26 heavy (non-hydrogen) atoms. The maximum atomic E-state index is 5.66. The maximum absolute atomic E-state index is 5.66. The van der Waals surface area contributed by atoms with Crippen molar-refractivity contribution in [2.75, 3.05) is 13.0 Å². The molecule has 0 bridgehead atoms. The van der Waals surface area contributed by atoms with E-state index in [4.69, 9.17) is 9.47 Å². The minimum absolute atomic E-state index is 0.0167. The van der Waals surface area contributed by atoms with Crippen LogP contribution in [-0.2, 0) is 11.2 Å². The summed E-state index contributed by atoms with van der Waals surface area (Å²) >= 11 is 1.86. The van der Waals surface area contributed by atoms with E-state index in [0.717, 1.165) is 17.3 Å². The first-order valence-corrected chi connectivity index (χ1v) is 10.6. The molecule has 0 amide bonds. The van der Waals surface area contributed by atoms with Crippen LogP contribution in [0.3, 0.4) is 0 Å². The number of ether oxygens (including phenoxy) is 2. The molecule has 2 heterocycles. The van der Waals surface area contributed by atoms with Crippen LogP contribution in [0.25, 0.3) is 10.9 Å². The Balaban J connectivity index is 1.68. The highest BCUT2D eigenvalue weighted by Crippen LogP contribution is 2.54. The Bertz CT molecular complexity index is 975. The molecule has 1 aliphatic carbocycles. The summed E-state index contributed by atoms with van der Waals surface area (Å²) in [5.41, 5.74) is 5.36. The number of fused-ring (bicyclic) bond motifs is 2. The van der Waals surface area contributed by atoms with Crippen LogP contribution >= 0.6 is 11.8 Å². The first-order valence-electron chi connectivity index (χ1n) is 9.20. The predicted octanol–water partition coefficient (Wildman–Crippen LogP) is 5.48. The average Bonchev–Trinajstić information content (AvgIpc) is 3.25. The van der Waals surface area contributed by atoms with E-state index in [2.05, 4.69) is 60.8 Å². The topological polar surface area (TPSA) is 34.2 Å². The summed E-state index contributed by atoms with van der Waals surface area (Å²) in [4.78, 5) is 3.58. The highest BCUT2D eigenvalue weighted by molar-refractivity contribution is 7.97. The van der Waals surface area contributed by atoms with Gasteiger partial charge in [0.05, 0.1) is 0 Å². The second-order valence-corrected chi connectivity index (χ2v) is 8.39. The summed E-state index contributed by atoms with van der Waals surface area (Å²) < 4.78 is 11.2. The van der Waals surface area contributed by atoms with Gasteiger partial charge in [-0.3, -0.25) is 0 Å². The Morgan fingerprint density at radius 3 is 2.81 bits per heavy atom. The molecule has 3 nitrogen and oxygen atoms in total. The van der Waals surface area contributed by atoms with Crippen LogP contribution < -0.4 is 9.47 Å². The molecule has 1 atom stereocenters. The Labute approximate surface area is 158 Å². The first kappa shape index (κ1) is 16.1. The molecule has 0 spiro atoms. The van der Waals surface area contributed by atoms with Crippen LogP contribution in [0.4, 0.5) is 0 Å². The standard InChI is InChI=1S/C22H23NO2S/c1-22(15-6-7-15,16-8-9-19-20(10-16)25-13-24-19)18-11-23-21-14(12-26-2)4-3-5-17(18)21/h3-5,8-11,15,23H,6-7,12-13H2,1-2H3. The van der Waals surface area contributed by atoms with Crippen LogP contribution in [0.1, 0.15) is 36.5 Å². The van der Waals surface area contributed by atoms with Gasteiger partial charge in [-0.15, -0.1) is 0 Å². The van der Waals surface area contributed by atoms with E-state index in [-0.39, 0.29) is 5.41 Å². The van der Waals surface area contributed by atoms with E-state index >= 15 is 0 Å². The molecule has 1 saturated carbocycles. The number of benzene rings is 2. The van der Waals surface area contributed by atoms with Crippen molar-refractivity contribution in [3.05, 3.63) is 59.3 Å². The van der Waals surface area contributed by atoms with E-state index in [9.17, 15) is 0 Å². The van der Waals surface area contributed by atoms with Gasteiger partial charge in [0.1, 0.15) is 0 Å². The van der Waals surface area contributed by atoms with Gasteiger partial charge >= 0.3 is 0 Å². The Kier molecular flexibility index (Phi) is 3.71. The second kappa shape index (κ2) is 5.98. The molecule has 5 rings (SSSR count). The molecule has 1 aliphatic heterocycles. The molecule has 0 saturated heterocycles. The number of thioether (sulfide) groups is 1. The first-order chi connectivity index (χ1) is 12.7. The van der Waals surface area contributed by atoms with Crippen molar-refractivity contribution < 1.29 is 9.47 Å². The third-order valence-corrected chi connectivity index (χ3v) is 6.63. The van der Waals surface area contributed by atoms with Gasteiger partial charge in [-0.2, -0.15) is 11.8 Å². The zero-order valence-corrected chi connectivity index (χ0v) is 16.0. The molecule has 0 radical (unpaired) electrons. The molecule has 2 aromatic carbocycles. The van der Waals surface area contributed by atoms with Gasteiger partial charge in [-0.05, 0) is 53.8 Å². The number of hydrogen-bond acceptors (Lipinski definition) is 3. The lowest BCUT2D eigenvalue weighted by molar-refractivity contribution is 0.174. The van der Waals surface area contributed by atoms with Crippen molar-refractivity contribution in [3.8, 4) is 11.5 Å². The Morgan fingerprint density at radius 1 is 1.15 bits per heavy atom.